The molecule has 1 aromatic heterocycles. The van der Waals surface area contributed by atoms with Gasteiger partial charge in [0.15, 0.2) is 11.0 Å². The summed E-state index contributed by atoms with van der Waals surface area (Å²) < 4.78 is 48.4. The second-order valence-electron chi connectivity index (χ2n) is 6.97. The number of halogens is 4. The third-order valence-electron chi connectivity index (χ3n) is 4.84. The summed E-state index contributed by atoms with van der Waals surface area (Å²) in [4.78, 5) is 0. The minimum atomic E-state index is -4.51. The summed E-state index contributed by atoms with van der Waals surface area (Å²) in [6.07, 6.45) is -1.40. The fourth-order valence-corrected chi connectivity index (χ4v) is 4.61. The molecule has 1 atom stereocenters. The van der Waals surface area contributed by atoms with Gasteiger partial charge in [-0.2, -0.15) is 13.2 Å². The van der Waals surface area contributed by atoms with Crippen molar-refractivity contribution in [1.82, 2.24) is 14.8 Å². The highest BCUT2D eigenvalue weighted by Gasteiger charge is 2.35. The molecule has 1 fully saturated rings. The highest BCUT2D eigenvalue weighted by molar-refractivity contribution is 7.99. The molecule has 0 radical (unpaired) electrons. The number of thioether (sulfide) groups is 1. The molecule has 3 aromatic rings. The van der Waals surface area contributed by atoms with E-state index in [0.29, 0.717) is 33.9 Å². The average Bonchev–Trinajstić information content (AvgIpc) is 3.16. The summed E-state index contributed by atoms with van der Waals surface area (Å²) in [5.41, 5.74) is -0.173. The fourth-order valence-electron chi connectivity index (χ4n) is 3.41. The van der Waals surface area contributed by atoms with Gasteiger partial charge in [-0.15, -0.1) is 10.2 Å². The lowest BCUT2D eigenvalue weighted by molar-refractivity contribution is -0.137. The largest absolute Gasteiger partial charge is 0.418 e. The molecule has 1 aliphatic heterocycles. The second-order valence-corrected chi connectivity index (χ2v) is 8.39. The van der Waals surface area contributed by atoms with E-state index in [1.807, 2.05) is 0 Å². The van der Waals surface area contributed by atoms with E-state index >= 15 is 0 Å². The second kappa shape index (κ2) is 8.99. The molecule has 0 saturated carbocycles. The van der Waals surface area contributed by atoms with E-state index in [4.69, 9.17) is 16.3 Å². The lowest BCUT2D eigenvalue weighted by Gasteiger charge is -2.22. The topological polar surface area (TPSA) is 39.9 Å². The summed E-state index contributed by atoms with van der Waals surface area (Å²) in [5.74, 6) is 0.906. The zero-order valence-corrected chi connectivity index (χ0v) is 17.5. The highest BCUT2D eigenvalue weighted by atomic mass is 35.5. The van der Waals surface area contributed by atoms with Gasteiger partial charge in [0, 0.05) is 22.9 Å². The van der Waals surface area contributed by atoms with Crippen LogP contribution in [0.4, 0.5) is 13.2 Å². The van der Waals surface area contributed by atoms with E-state index in [2.05, 4.69) is 10.2 Å². The van der Waals surface area contributed by atoms with Gasteiger partial charge < -0.3 is 4.74 Å². The van der Waals surface area contributed by atoms with Gasteiger partial charge in [-0.05, 0) is 43.5 Å². The SMILES string of the molecule is FC(F)(F)c1ccccc1-n1c(SCC2CCCCO2)nnc1-c1cccc(Cl)c1. The molecule has 0 aliphatic carbocycles. The first-order valence-electron chi connectivity index (χ1n) is 9.56. The third kappa shape index (κ3) is 4.66. The van der Waals surface area contributed by atoms with E-state index < -0.39 is 11.7 Å². The van der Waals surface area contributed by atoms with E-state index in [0.717, 1.165) is 25.3 Å². The molecule has 4 rings (SSSR count). The number of alkyl halides is 3. The highest BCUT2D eigenvalue weighted by Crippen LogP contribution is 2.38. The predicted molar refractivity (Wildman–Crippen MR) is 111 cm³/mol. The molecule has 9 heteroatoms. The first kappa shape index (κ1) is 21.2. The molecule has 0 amide bonds. The Hall–Kier alpha value is -2.03. The molecule has 1 unspecified atom stereocenters. The van der Waals surface area contributed by atoms with Gasteiger partial charge in [0.1, 0.15) is 0 Å². The number of aromatic nitrogens is 3. The number of nitrogens with zero attached hydrogens (tertiary/aromatic N) is 3. The molecule has 158 valence electrons. The quantitative estimate of drug-likeness (QED) is 0.427. The monoisotopic (exact) mass is 453 g/mol. The molecule has 0 bridgehead atoms. The van der Waals surface area contributed by atoms with Crippen LogP contribution >= 0.6 is 23.4 Å². The average molecular weight is 454 g/mol. The molecule has 2 heterocycles. The molecule has 1 aliphatic rings. The molecule has 1 saturated heterocycles. The summed E-state index contributed by atoms with van der Waals surface area (Å²) in [5, 5.41) is 9.29. The lowest BCUT2D eigenvalue weighted by atomic mass is 10.1. The van der Waals surface area contributed by atoms with Crippen LogP contribution in [0.5, 0.6) is 0 Å². The summed E-state index contributed by atoms with van der Waals surface area (Å²) >= 11 is 7.46. The summed E-state index contributed by atoms with van der Waals surface area (Å²) in [7, 11) is 0. The van der Waals surface area contributed by atoms with Crippen LogP contribution in [0.1, 0.15) is 24.8 Å². The Kier molecular flexibility index (Phi) is 6.36. The molecular weight excluding hydrogens is 435 g/mol. The van der Waals surface area contributed by atoms with Crippen LogP contribution < -0.4 is 0 Å². The van der Waals surface area contributed by atoms with Crippen molar-refractivity contribution in [3.63, 3.8) is 0 Å². The van der Waals surface area contributed by atoms with Crippen molar-refractivity contribution in [1.29, 1.82) is 0 Å². The minimum Gasteiger partial charge on any atom is -0.377 e. The Morgan fingerprint density at radius 3 is 2.67 bits per heavy atom. The van der Waals surface area contributed by atoms with E-state index in [9.17, 15) is 13.2 Å². The van der Waals surface area contributed by atoms with Crippen LogP contribution in [0.25, 0.3) is 17.1 Å². The Balaban J connectivity index is 1.79. The Morgan fingerprint density at radius 1 is 1.10 bits per heavy atom. The van der Waals surface area contributed by atoms with Crippen LogP contribution in [-0.4, -0.2) is 33.2 Å². The number of ether oxygens (including phenoxy) is 1. The van der Waals surface area contributed by atoms with Crippen molar-refractivity contribution in [2.45, 2.75) is 36.7 Å². The first-order chi connectivity index (χ1) is 14.4. The van der Waals surface area contributed by atoms with Crippen molar-refractivity contribution < 1.29 is 17.9 Å². The van der Waals surface area contributed by atoms with Crippen LogP contribution in [0.2, 0.25) is 5.02 Å². The first-order valence-corrected chi connectivity index (χ1v) is 10.9. The Bertz CT molecular complexity index is 1020. The van der Waals surface area contributed by atoms with Crippen LogP contribution in [0, 0.1) is 0 Å². The number of hydrogen-bond acceptors (Lipinski definition) is 4. The molecule has 0 spiro atoms. The van der Waals surface area contributed by atoms with Crippen molar-refractivity contribution in [3.05, 3.63) is 59.1 Å². The minimum absolute atomic E-state index is 0.0166. The third-order valence-corrected chi connectivity index (χ3v) is 6.13. The van der Waals surface area contributed by atoms with E-state index in [1.165, 1.54) is 28.5 Å². The fraction of sp³-hybridized carbons (Fsp3) is 0.333. The lowest BCUT2D eigenvalue weighted by Crippen LogP contribution is -2.21. The number of rotatable bonds is 5. The molecule has 2 aromatic carbocycles. The number of para-hydroxylation sites is 1. The summed E-state index contributed by atoms with van der Waals surface area (Å²) in [6, 6.07) is 12.3. The standard InChI is InChI=1S/C21H19ClF3N3OS/c22-15-7-5-6-14(12-15)19-26-27-20(30-13-16-8-3-4-11-29-16)28(19)18-10-2-1-9-17(18)21(23,24)25/h1-2,5-7,9-10,12,16H,3-4,8,11,13H2. The maximum atomic E-state index is 13.7. The maximum absolute atomic E-state index is 13.7. The number of hydrogen-bond donors (Lipinski definition) is 0. The smallest absolute Gasteiger partial charge is 0.377 e. The van der Waals surface area contributed by atoms with E-state index in [1.54, 1.807) is 30.3 Å². The molecule has 30 heavy (non-hydrogen) atoms. The zero-order chi connectivity index (χ0) is 21.1. The molecule has 0 N–H and O–H groups in total. The van der Waals surface area contributed by atoms with Crippen LogP contribution in [0.15, 0.2) is 53.7 Å². The van der Waals surface area contributed by atoms with E-state index in [-0.39, 0.29) is 11.8 Å². The van der Waals surface area contributed by atoms with Crippen molar-refractivity contribution in [2.75, 3.05) is 12.4 Å². The van der Waals surface area contributed by atoms with Crippen LogP contribution in [0.3, 0.4) is 0 Å². The van der Waals surface area contributed by atoms with Gasteiger partial charge in [0.05, 0.1) is 17.4 Å². The van der Waals surface area contributed by atoms with Gasteiger partial charge in [-0.25, -0.2) is 0 Å². The Labute approximate surface area is 181 Å². The predicted octanol–water partition coefficient (Wildman–Crippen LogP) is 6.27. The van der Waals surface area contributed by atoms with Crippen LogP contribution in [-0.2, 0) is 10.9 Å². The molecular formula is C21H19ClF3N3OS. The van der Waals surface area contributed by atoms with Gasteiger partial charge >= 0.3 is 6.18 Å². The Morgan fingerprint density at radius 2 is 1.93 bits per heavy atom. The van der Waals surface area contributed by atoms with Crippen molar-refractivity contribution >= 4 is 23.4 Å². The van der Waals surface area contributed by atoms with Gasteiger partial charge in [0.25, 0.3) is 0 Å². The number of benzene rings is 2. The maximum Gasteiger partial charge on any atom is 0.418 e. The summed E-state index contributed by atoms with van der Waals surface area (Å²) in [6.45, 7) is 0.711. The van der Waals surface area contributed by atoms with Gasteiger partial charge in [-0.3, -0.25) is 4.57 Å². The van der Waals surface area contributed by atoms with Gasteiger partial charge in [0.2, 0.25) is 0 Å². The molecule has 4 nitrogen and oxygen atoms in total. The van der Waals surface area contributed by atoms with Gasteiger partial charge in [-0.1, -0.05) is 47.6 Å². The normalized spacial score (nSPS) is 17.3. The van der Waals surface area contributed by atoms with Crippen molar-refractivity contribution in [3.8, 4) is 17.1 Å². The zero-order valence-electron chi connectivity index (χ0n) is 15.9. The van der Waals surface area contributed by atoms with Crippen molar-refractivity contribution in [2.24, 2.45) is 0 Å².